The number of hydrogen-bond donors (Lipinski definition) is 0. The predicted octanol–water partition coefficient (Wildman–Crippen LogP) is 3.26. The van der Waals surface area contributed by atoms with Crippen LogP contribution in [0.4, 0.5) is 5.69 Å². The Morgan fingerprint density at radius 2 is 1.81 bits per heavy atom. The van der Waals surface area contributed by atoms with Crippen LogP contribution < -0.4 is 14.4 Å². The molecule has 0 N–H and O–H groups in total. The summed E-state index contributed by atoms with van der Waals surface area (Å²) in [5.74, 6) is 0.844. The Hall–Kier alpha value is -3.50. The van der Waals surface area contributed by atoms with Gasteiger partial charge in [0.25, 0.3) is 5.91 Å². The van der Waals surface area contributed by atoms with Crippen molar-refractivity contribution in [1.29, 1.82) is 0 Å². The largest absolute Gasteiger partial charge is 0.468 e. The third kappa shape index (κ3) is 5.45. The molecule has 1 amide bonds. The lowest BCUT2D eigenvalue weighted by Gasteiger charge is -2.38. The topological polar surface area (TPSA) is 83.9 Å². The number of methoxy groups -OCH3 is 1. The van der Waals surface area contributed by atoms with Crippen molar-refractivity contribution < 1.29 is 23.8 Å². The van der Waals surface area contributed by atoms with Crippen molar-refractivity contribution in [2.24, 2.45) is 4.99 Å². The lowest BCUT2D eigenvalue weighted by molar-refractivity contribution is -0.137. The van der Waals surface area contributed by atoms with Gasteiger partial charge in [-0.1, -0.05) is 36.0 Å². The van der Waals surface area contributed by atoms with E-state index in [1.165, 1.54) is 35.7 Å². The molecule has 0 saturated carbocycles. The standard InChI is InChI=1S/C27H30N4O5S/c1-18-5-4-6-19(2)25(18)30-11-9-29(10-12-30)16-31-26(33)21(28-27(31)37-15-24(32)34-3)13-20-7-8-22-23(14-20)36-17-35-22/h4-8,13-14H,9-12,15-17H2,1-3H3/b21-13+. The molecule has 10 heteroatoms. The summed E-state index contributed by atoms with van der Waals surface area (Å²) in [7, 11) is 1.35. The van der Waals surface area contributed by atoms with E-state index in [9.17, 15) is 9.59 Å². The van der Waals surface area contributed by atoms with Crippen molar-refractivity contribution in [2.75, 3.05) is 57.4 Å². The van der Waals surface area contributed by atoms with E-state index >= 15 is 0 Å². The second-order valence-corrected chi connectivity index (χ2v) is 10.1. The maximum Gasteiger partial charge on any atom is 0.316 e. The number of amides is 1. The van der Waals surface area contributed by atoms with Crippen LogP contribution in [0.2, 0.25) is 0 Å². The van der Waals surface area contributed by atoms with Crippen molar-refractivity contribution in [3.05, 3.63) is 58.8 Å². The summed E-state index contributed by atoms with van der Waals surface area (Å²) in [6.07, 6.45) is 1.74. The zero-order valence-electron chi connectivity index (χ0n) is 21.2. The molecule has 0 unspecified atom stereocenters. The van der Waals surface area contributed by atoms with Crippen molar-refractivity contribution in [2.45, 2.75) is 13.8 Å². The van der Waals surface area contributed by atoms with Gasteiger partial charge in [0.1, 0.15) is 5.70 Å². The number of piperazine rings is 1. The smallest absolute Gasteiger partial charge is 0.316 e. The van der Waals surface area contributed by atoms with E-state index in [0.717, 1.165) is 31.7 Å². The van der Waals surface area contributed by atoms with Crippen LogP contribution in [0.3, 0.4) is 0 Å². The van der Waals surface area contributed by atoms with Gasteiger partial charge in [-0.25, -0.2) is 4.99 Å². The average Bonchev–Trinajstić information content (AvgIpc) is 3.48. The number of nitrogens with zero attached hydrogens (tertiary/aromatic N) is 4. The number of carbonyl (C=O) groups excluding carboxylic acids is 2. The van der Waals surface area contributed by atoms with Crippen LogP contribution in [0.25, 0.3) is 6.08 Å². The number of carbonyl (C=O) groups is 2. The highest BCUT2D eigenvalue weighted by atomic mass is 32.2. The summed E-state index contributed by atoms with van der Waals surface area (Å²) in [5, 5.41) is 0.500. The number of hydrogen-bond acceptors (Lipinski definition) is 9. The first-order chi connectivity index (χ1) is 17.9. The van der Waals surface area contributed by atoms with Crippen LogP contribution >= 0.6 is 11.8 Å². The van der Waals surface area contributed by atoms with Crippen LogP contribution in [0.1, 0.15) is 16.7 Å². The second-order valence-electron chi connectivity index (χ2n) is 9.12. The van der Waals surface area contributed by atoms with Crippen LogP contribution in [-0.2, 0) is 14.3 Å². The monoisotopic (exact) mass is 522 g/mol. The molecule has 9 nitrogen and oxygen atoms in total. The molecule has 0 atom stereocenters. The molecule has 1 fully saturated rings. The predicted molar refractivity (Wildman–Crippen MR) is 144 cm³/mol. The number of ether oxygens (including phenoxy) is 3. The fourth-order valence-electron chi connectivity index (χ4n) is 4.73. The quantitative estimate of drug-likeness (QED) is 0.422. The number of thioether (sulfide) groups is 1. The Balaban J connectivity index is 1.30. The average molecular weight is 523 g/mol. The molecule has 0 aliphatic carbocycles. The third-order valence-electron chi connectivity index (χ3n) is 6.63. The first kappa shape index (κ1) is 25.2. The molecule has 0 bridgehead atoms. The van der Waals surface area contributed by atoms with Crippen LogP contribution in [0.5, 0.6) is 11.5 Å². The van der Waals surface area contributed by atoms with Crippen molar-refractivity contribution in [1.82, 2.24) is 9.80 Å². The molecule has 37 heavy (non-hydrogen) atoms. The summed E-state index contributed by atoms with van der Waals surface area (Å²) in [5.41, 5.74) is 4.95. The van der Waals surface area contributed by atoms with E-state index in [1.54, 1.807) is 11.0 Å². The van der Waals surface area contributed by atoms with Gasteiger partial charge in [0, 0.05) is 31.9 Å². The molecule has 0 radical (unpaired) electrons. The minimum Gasteiger partial charge on any atom is -0.468 e. The molecule has 5 rings (SSSR count). The van der Waals surface area contributed by atoms with Crippen LogP contribution in [0.15, 0.2) is 47.1 Å². The SMILES string of the molecule is COC(=O)CSC1=N/C(=C/c2ccc3c(c2)OCO3)C(=O)N1CN1CCN(c2c(C)cccc2C)CC1. The third-order valence-corrected chi connectivity index (χ3v) is 7.58. The minimum absolute atomic E-state index is 0.0801. The molecule has 2 aromatic carbocycles. The Bertz CT molecular complexity index is 1250. The molecule has 194 valence electrons. The van der Waals surface area contributed by atoms with Gasteiger partial charge in [0.15, 0.2) is 16.7 Å². The Morgan fingerprint density at radius 3 is 2.54 bits per heavy atom. The van der Waals surface area contributed by atoms with Gasteiger partial charge in [-0.15, -0.1) is 0 Å². The number of fused-ring (bicyclic) bond motifs is 1. The molecule has 1 saturated heterocycles. The van der Waals surface area contributed by atoms with Crippen molar-refractivity contribution in [3.63, 3.8) is 0 Å². The lowest BCUT2D eigenvalue weighted by Crippen LogP contribution is -2.51. The van der Waals surface area contributed by atoms with Gasteiger partial charge in [0.2, 0.25) is 6.79 Å². The van der Waals surface area contributed by atoms with E-state index in [-0.39, 0.29) is 24.4 Å². The molecule has 0 spiro atoms. The fraction of sp³-hybridized carbons (Fsp3) is 0.370. The first-order valence-electron chi connectivity index (χ1n) is 12.2. The highest BCUT2D eigenvalue weighted by Crippen LogP contribution is 2.34. The van der Waals surface area contributed by atoms with Crippen molar-refractivity contribution in [3.8, 4) is 11.5 Å². The lowest BCUT2D eigenvalue weighted by atomic mass is 10.1. The number of aryl methyl sites for hydroxylation is 2. The molecular weight excluding hydrogens is 492 g/mol. The summed E-state index contributed by atoms with van der Waals surface area (Å²) < 4.78 is 15.6. The number of para-hydroxylation sites is 1. The van der Waals surface area contributed by atoms with Gasteiger partial charge in [0.05, 0.1) is 19.5 Å². The molecule has 3 aliphatic rings. The van der Waals surface area contributed by atoms with E-state index in [0.29, 0.717) is 29.0 Å². The van der Waals surface area contributed by atoms with E-state index in [2.05, 4.69) is 46.8 Å². The summed E-state index contributed by atoms with van der Waals surface area (Å²) in [4.78, 5) is 36.1. The Kier molecular flexibility index (Phi) is 7.38. The van der Waals surface area contributed by atoms with E-state index < -0.39 is 0 Å². The highest BCUT2D eigenvalue weighted by Gasteiger charge is 2.33. The van der Waals surface area contributed by atoms with Gasteiger partial charge < -0.3 is 19.1 Å². The van der Waals surface area contributed by atoms with Gasteiger partial charge in [-0.2, -0.15) is 0 Å². The number of aliphatic imine (C=N–C) groups is 1. The molecular formula is C27H30N4O5S. The minimum atomic E-state index is -0.365. The molecule has 3 aliphatic heterocycles. The fourth-order valence-corrected chi connectivity index (χ4v) is 5.55. The summed E-state index contributed by atoms with van der Waals surface area (Å²) in [6, 6.07) is 11.9. The summed E-state index contributed by atoms with van der Waals surface area (Å²) >= 11 is 1.21. The van der Waals surface area contributed by atoms with Gasteiger partial charge >= 0.3 is 5.97 Å². The van der Waals surface area contributed by atoms with E-state index in [4.69, 9.17) is 14.2 Å². The number of anilines is 1. The van der Waals surface area contributed by atoms with E-state index in [1.807, 2.05) is 18.2 Å². The van der Waals surface area contributed by atoms with Crippen LogP contribution in [0, 0.1) is 13.8 Å². The van der Waals surface area contributed by atoms with Gasteiger partial charge in [-0.05, 0) is 48.7 Å². The van der Waals surface area contributed by atoms with Gasteiger partial charge in [-0.3, -0.25) is 19.4 Å². The maximum absolute atomic E-state index is 13.4. The van der Waals surface area contributed by atoms with Crippen LogP contribution in [-0.4, -0.2) is 79.3 Å². The highest BCUT2D eigenvalue weighted by molar-refractivity contribution is 8.14. The number of amidine groups is 1. The molecule has 3 heterocycles. The molecule has 0 aromatic heterocycles. The normalized spacial score (nSPS) is 18.5. The summed E-state index contributed by atoms with van der Waals surface area (Å²) in [6.45, 7) is 8.25. The Labute approximate surface area is 220 Å². The second kappa shape index (κ2) is 10.9. The first-order valence-corrected chi connectivity index (χ1v) is 13.2. The number of esters is 1. The number of rotatable bonds is 6. The zero-order valence-corrected chi connectivity index (χ0v) is 22.0. The Morgan fingerprint density at radius 1 is 1.08 bits per heavy atom. The number of benzene rings is 2. The zero-order chi connectivity index (χ0) is 25.9. The molecule has 2 aromatic rings. The maximum atomic E-state index is 13.4. The van der Waals surface area contributed by atoms with Crippen molar-refractivity contribution >= 4 is 40.6 Å².